The first-order valence-electron chi connectivity index (χ1n) is 26.4. The predicted octanol–water partition coefficient (Wildman–Crippen LogP) is 5.83. The molecule has 3 fully saturated rings. The molecule has 2 saturated heterocycles. The minimum Gasteiger partial charge on any atom is -0.443 e. The SMILES string of the molecule is CC(C)(C)OC(=O)n1cc(C[C@@H]2NC(=O)[C@@H](CC3CCCCC3)NC(=O)[C@@H]3CCCN3C(=O)[C@@H](NC(=O)CCc3ccccc3)CCCNC(=O)[C@H](CCCNC(=N)Nc3ccccc3)NC2=O)c2ccccc21. The molecular weight excluding hydrogens is 941 g/mol. The number of benzene rings is 3. The number of amides is 6. The minimum absolute atomic E-state index is 0.0501. The zero-order chi connectivity index (χ0) is 52.6. The van der Waals surface area contributed by atoms with E-state index >= 15 is 0 Å². The molecule has 7 rings (SSSR count). The lowest BCUT2D eigenvalue weighted by Crippen LogP contribution is -2.59. The fourth-order valence-corrected chi connectivity index (χ4v) is 10.2. The molecule has 0 radical (unpaired) electrons. The highest BCUT2D eigenvalue weighted by atomic mass is 16.6. The highest BCUT2D eigenvalue weighted by molar-refractivity contribution is 5.98. The number of carbonyl (C=O) groups excluding carboxylic acids is 7. The van der Waals surface area contributed by atoms with Gasteiger partial charge in [0.1, 0.15) is 35.8 Å². The molecule has 8 N–H and O–H groups in total. The molecule has 3 aromatic carbocycles. The molecule has 2 aliphatic heterocycles. The van der Waals surface area contributed by atoms with E-state index in [1.165, 1.54) is 9.47 Å². The Morgan fingerprint density at radius 1 is 0.743 bits per heavy atom. The van der Waals surface area contributed by atoms with Crippen molar-refractivity contribution in [1.29, 1.82) is 5.41 Å². The Balaban J connectivity index is 1.19. The molecule has 1 saturated carbocycles. The molecule has 3 heterocycles. The van der Waals surface area contributed by atoms with Crippen molar-refractivity contribution in [3.05, 3.63) is 102 Å². The number of hydrogen-bond donors (Lipinski definition) is 8. The summed E-state index contributed by atoms with van der Waals surface area (Å²) in [7, 11) is 0. The summed E-state index contributed by atoms with van der Waals surface area (Å²) < 4.78 is 7.13. The number of aromatic nitrogens is 1. The van der Waals surface area contributed by atoms with Crippen molar-refractivity contribution in [3.8, 4) is 0 Å². The number of nitrogens with one attached hydrogen (secondary N) is 8. The van der Waals surface area contributed by atoms with Crippen LogP contribution in [0.2, 0.25) is 0 Å². The summed E-state index contributed by atoms with van der Waals surface area (Å²) in [6.07, 6.45) is 8.34. The molecule has 18 nitrogen and oxygen atoms in total. The number of guanidine groups is 1. The maximum absolute atomic E-state index is 14.9. The number of ether oxygens (including phenoxy) is 1. The number of fused-ring (bicyclic) bond motifs is 2. The zero-order valence-electron chi connectivity index (χ0n) is 43.0. The first-order chi connectivity index (χ1) is 35.6. The summed E-state index contributed by atoms with van der Waals surface area (Å²) in [5, 5.41) is 29.9. The summed E-state index contributed by atoms with van der Waals surface area (Å²) >= 11 is 0. The molecular formula is C56H74N10O8. The van der Waals surface area contributed by atoms with Crippen LogP contribution >= 0.6 is 0 Å². The Kier molecular flexibility index (Phi) is 19.2. The number of hydrogen-bond acceptors (Lipinski definition) is 9. The first kappa shape index (κ1) is 54.5. The van der Waals surface area contributed by atoms with E-state index in [1.807, 2.05) is 72.8 Å². The molecule has 3 aliphatic rings. The third-order valence-corrected chi connectivity index (χ3v) is 13.9. The van der Waals surface area contributed by atoms with Gasteiger partial charge in [0.25, 0.3) is 0 Å². The van der Waals surface area contributed by atoms with E-state index in [0.29, 0.717) is 48.6 Å². The number of rotatable bonds is 13. The molecule has 0 unspecified atom stereocenters. The van der Waals surface area contributed by atoms with Crippen molar-refractivity contribution in [2.24, 2.45) is 5.92 Å². The summed E-state index contributed by atoms with van der Waals surface area (Å²) in [6, 6.07) is 20.6. The lowest BCUT2D eigenvalue weighted by atomic mass is 9.84. The van der Waals surface area contributed by atoms with Crippen LogP contribution < -0.4 is 37.2 Å². The van der Waals surface area contributed by atoms with Gasteiger partial charge in [0.2, 0.25) is 35.4 Å². The van der Waals surface area contributed by atoms with Crippen LogP contribution in [0, 0.1) is 11.3 Å². The van der Waals surface area contributed by atoms with Crippen molar-refractivity contribution in [2.45, 2.75) is 153 Å². The zero-order valence-corrected chi connectivity index (χ0v) is 43.0. The van der Waals surface area contributed by atoms with Gasteiger partial charge < -0.3 is 46.9 Å². The quantitative estimate of drug-likeness (QED) is 0.0453. The highest BCUT2D eigenvalue weighted by Gasteiger charge is 2.40. The fraction of sp³-hybridized carbons (Fsp3) is 0.500. The first-order valence-corrected chi connectivity index (χ1v) is 26.4. The maximum Gasteiger partial charge on any atom is 0.419 e. The molecule has 5 atom stereocenters. The number of nitrogens with zero attached hydrogens (tertiary/aromatic N) is 2. The van der Waals surface area contributed by atoms with Gasteiger partial charge in [-0.3, -0.25) is 38.7 Å². The van der Waals surface area contributed by atoms with Gasteiger partial charge in [-0.2, -0.15) is 0 Å². The average Bonchev–Trinajstić information content (AvgIpc) is 4.03. The van der Waals surface area contributed by atoms with Gasteiger partial charge in [-0.25, -0.2) is 4.79 Å². The van der Waals surface area contributed by atoms with E-state index in [1.54, 1.807) is 39.1 Å². The largest absolute Gasteiger partial charge is 0.443 e. The van der Waals surface area contributed by atoms with Crippen LogP contribution in [0.3, 0.4) is 0 Å². The lowest BCUT2D eigenvalue weighted by Gasteiger charge is -2.32. The highest BCUT2D eigenvalue weighted by Crippen LogP contribution is 2.29. The topological polar surface area (TPSA) is 245 Å². The standard InChI is InChI=1S/C56H74N10O8/c1-56(2,3)74-55(73)66-36-39(41-24-13-14-27-46(41)66)35-45-51(70)62-42(25-15-32-59-54(57)60-40-22-11-6-12-23-40)49(68)58-31-16-26-43(61-48(67)30-29-37-18-7-4-8-19-37)53(72)65-33-17-28-47(65)52(71)64-44(50(69)63-45)34-38-20-9-5-10-21-38/h4,6-8,11-14,18-19,22-24,27,36,38,42-45,47H,5,9-10,15-17,20-21,25-26,28-35H2,1-3H3,(H,58,68)(H,61,67)(H,62,70)(H,63,69)(H,64,71)(H3,57,59,60)/t42-,43-,44+,45-,47-/m0/s1. The van der Waals surface area contributed by atoms with E-state index < -0.39 is 71.4 Å². The monoisotopic (exact) mass is 1010 g/mol. The van der Waals surface area contributed by atoms with Crippen LogP contribution in [-0.4, -0.2) is 112 Å². The van der Waals surface area contributed by atoms with Gasteiger partial charge in [0.05, 0.1) is 5.52 Å². The molecule has 74 heavy (non-hydrogen) atoms. The second-order valence-electron chi connectivity index (χ2n) is 20.8. The maximum atomic E-state index is 14.9. The summed E-state index contributed by atoms with van der Waals surface area (Å²) in [6.45, 7) is 5.95. The fourth-order valence-electron chi connectivity index (χ4n) is 10.2. The van der Waals surface area contributed by atoms with Crippen LogP contribution in [0.25, 0.3) is 10.9 Å². The number of aryl methyl sites for hydroxylation is 1. The van der Waals surface area contributed by atoms with Crippen molar-refractivity contribution in [3.63, 3.8) is 0 Å². The Morgan fingerprint density at radius 3 is 2.16 bits per heavy atom. The molecule has 1 aromatic heterocycles. The second-order valence-corrected chi connectivity index (χ2v) is 20.8. The summed E-state index contributed by atoms with van der Waals surface area (Å²) in [5.74, 6) is -2.82. The van der Waals surface area contributed by atoms with Crippen LogP contribution in [0.15, 0.2) is 91.1 Å². The van der Waals surface area contributed by atoms with Crippen LogP contribution in [-0.2, 0) is 46.3 Å². The smallest absolute Gasteiger partial charge is 0.419 e. The van der Waals surface area contributed by atoms with E-state index in [2.05, 4.69) is 37.2 Å². The number of carbonyl (C=O) groups is 7. The third-order valence-electron chi connectivity index (χ3n) is 13.9. The van der Waals surface area contributed by atoms with Gasteiger partial charge in [-0.1, -0.05) is 98.8 Å². The minimum atomic E-state index is -1.29. The molecule has 1 aliphatic carbocycles. The molecule has 396 valence electrons. The van der Waals surface area contributed by atoms with Crippen LogP contribution in [0.5, 0.6) is 0 Å². The summed E-state index contributed by atoms with van der Waals surface area (Å²) in [5.41, 5.74) is 1.98. The molecule has 0 bridgehead atoms. The van der Waals surface area contributed by atoms with E-state index in [9.17, 15) is 33.6 Å². The lowest BCUT2D eigenvalue weighted by molar-refractivity contribution is -0.142. The van der Waals surface area contributed by atoms with Crippen LogP contribution in [0.4, 0.5) is 10.5 Å². The molecule has 4 aromatic rings. The summed E-state index contributed by atoms with van der Waals surface area (Å²) in [4.78, 5) is 102. The predicted molar refractivity (Wildman–Crippen MR) is 283 cm³/mol. The van der Waals surface area contributed by atoms with Gasteiger partial charge in [0, 0.05) is 49.7 Å². The van der Waals surface area contributed by atoms with Gasteiger partial charge >= 0.3 is 6.09 Å². The Hall–Kier alpha value is -7.24. The Morgan fingerprint density at radius 2 is 1.42 bits per heavy atom. The van der Waals surface area contributed by atoms with E-state index in [0.717, 1.165) is 43.4 Å². The number of para-hydroxylation sites is 2. The van der Waals surface area contributed by atoms with Gasteiger partial charge in [-0.15, -0.1) is 0 Å². The van der Waals surface area contributed by atoms with Crippen molar-refractivity contribution < 1.29 is 38.3 Å². The molecule has 18 heteroatoms. The second kappa shape index (κ2) is 26.1. The normalized spacial score (nSPS) is 21.7. The van der Waals surface area contributed by atoms with Crippen LogP contribution in [0.1, 0.15) is 115 Å². The van der Waals surface area contributed by atoms with Gasteiger partial charge in [0.15, 0.2) is 5.96 Å². The number of anilines is 1. The average molecular weight is 1020 g/mol. The molecule has 0 spiro atoms. The van der Waals surface area contributed by atoms with Gasteiger partial charge in [-0.05, 0) is 107 Å². The van der Waals surface area contributed by atoms with Crippen molar-refractivity contribution in [2.75, 3.05) is 25.0 Å². The van der Waals surface area contributed by atoms with Crippen molar-refractivity contribution >= 4 is 64.1 Å². The van der Waals surface area contributed by atoms with E-state index in [-0.39, 0.29) is 69.5 Å². The van der Waals surface area contributed by atoms with E-state index in [4.69, 9.17) is 10.1 Å². The third kappa shape index (κ3) is 15.6. The Labute approximate surface area is 433 Å². The van der Waals surface area contributed by atoms with Crippen molar-refractivity contribution in [1.82, 2.24) is 41.4 Å². The Bertz CT molecular complexity index is 2590. The molecule has 6 amide bonds.